The second-order valence-electron chi connectivity index (χ2n) is 8.29. The molecule has 0 unspecified atom stereocenters. The first-order chi connectivity index (χ1) is 16.3. The number of urea groups is 1. The van der Waals surface area contributed by atoms with Crippen LogP contribution in [-0.2, 0) is 11.3 Å². The number of rotatable bonds is 7. The maximum atomic E-state index is 14.8. The van der Waals surface area contributed by atoms with E-state index >= 15 is 0 Å². The number of alkyl halides is 2. The van der Waals surface area contributed by atoms with Crippen molar-refractivity contribution in [2.24, 2.45) is 0 Å². The highest BCUT2D eigenvalue weighted by Crippen LogP contribution is 2.39. The summed E-state index contributed by atoms with van der Waals surface area (Å²) in [5.41, 5.74) is 2.22. The Labute approximate surface area is 211 Å². The van der Waals surface area contributed by atoms with Crippen LogP contribution < -0.4 is 15.5 Å². The van der Waals surface area contributed by atoms with Crippen molar-refractivity contribution in [3.63, 3.8) is 0 Å². The number of ether oxygens (including phenoxy) is 2. The Morgan fingerprint density at radius 1 is 1.14 bits per heavy atom. The standard InChI is InChI=1S/C23H26Cl2F3N3O4/c1-5-31(30-22(33)35-23(2,3)4)21(32)29-11-14-7-6-13(8-18(14)26)16-9-15(24)10-17(25)20(16)34-12-19(27)28/h6-10,19H,5,11-12H2,1-4H3,(H,29,32)(H,30,33). The molecule has 192 valence electrons. The van der Waals surface area contributed by atoms with Crippen LogP contribution in [0.5, 0.6) is 5.75 Å². The van der Waals surface area contributed by atoms with E-state index in [-0.39, 0.29) is 45.6 Å². The van der Waals surface area contributed by atoms with E-state index < -0.39 is 36.6 Å². The number of carbonyl (C=O) groups is 2. The molecule has 0 saturated heterocycles. The van der Waals surface area contributed by atoms with E-state index in [4.69, 9.17) is 32.7 Å². The number of hydrazine groups is 1. The highest BCUT2D eigenvalue weighted by molar-refractivity contribution is 6.36. The van der Waals surface area contributed by atoms with E-state index in [0.29, 0.717) is 0 Å². The first-order valence-electron chi connectivity index (χ1n) is 10.5. The van der Waals surface area contributed by atoms with Crippen LogP contribution in [0.4, 0.5) is 22.8 Å². The summed E-state index contributed by atoms with van der Waals surface area (Å²) in [6, 6.07) is 6.15. The lowest BCUT2D eigenvalue weighted by Crippen LogP contribution is -2.51. The van der Waals surface area contributed by atoms with Crippen molar-refractivity contribution in [3.05, 3.63) is 51.8 Å². The Morgan fingerprint density at radius 3 is 2.40 bits per heavy atom. The van der Waals surface area contributed by atoms with Gasteiger partial charge in [-0.25, -0.2) is 33.2 Å². The number of hydrogen-bond donors (Lipinski definition) is 2. The fourth-order valence-corrected chi connectivity index (χ4v) is 3.42. The molecule has 0 fully saturated rings. The Bertz CT molecular complexity index is 1070. The molecule has 3 amide bonds. The predicted molar refractivity (Wildman–Crippen MR) is 127 cm³/mol. The Morgan fingerprint density at radius 2 is 1.83 bits per heavy atom. The van der Waals surface area contributed by atoms with E-state index in [2.05, 4.69) is 10.7 Å². The van der Waals surface area contributed by atoms with E-state index in [9.17, 15) is 22.8 Å². The number of nitrogens with zero attached hydrogens (tertiary/aromatic N) is 1. The normalized spacial score (nSPS) is 11.3. The Kier molecular flexibility index (Phi) is 9.91. The minimum Gasteiger partial charge on any atom is -0.485 e. The SMILES string of the molecule is CCN(NC(=O)OC(C)(C)C)C(=O)NCc1ccc(-c2cc(Cl)cc(Cl)c2OCC(F)F)cc1F. The quantitative estimate of drug-likeness (QED) is 0.401. The van der Waals surface area contributed by atoms with Gasteiger partial charge in [0.1, 0.15) is 23.8 Å². The van der Waals surface area contributed by atoms with Gasteiger partial charge < -0.3 is 14.8 Å². The summed E-state index contributed by atoms with van der Waals surface area (Å²) in [4.78, 5) is 24.3. The molecule has 2 aromatic carbocycles. The van der Waals surface area contributed by atoms with Crippen LogP contribution >= 0.6 is 23.2 Å². The maximum Gasteiger partial charge on any atom is 0.426 e. The summed E-state index contributed by atoms with van der Waals surface area (Å²) < 4.78 is 50.3. The lowest BCUT2D eigenvalue weighted by Gasteiger charge is -2.25. The van der Waals surface area contributed by atoms with Crippen molar-refractivity contribution in [2.45, 2.75) is 46.3 Å². The molecule has 0 bridgehead atoms. The maximum absolute atomic E-state index is 14.8. The average Bonchev–Trinajstić information content (AvgIpc) is 2.73. The number of benzene rings is 2. The summed E-state index contributed by atoms with van der Waals surface area (Å²) in [5, 5.41) is 3.71. The van der Waals surface area contributed by atoms with Crippen molar-refractivity contribution >= 4 is 35.3 Å². The van der Waals surface area contributed by atoms with Gasteiger partial charge in [-0.05, 0) is 51.5 Å². The summed E-state index contributed by atoms with van der Waals surface area (Å²) >= 11 is 12.1. The monoisotopic (exact) mass is 535 g/mol. The van der Waals surface area contributed by atoms with Gasteiger partial charge >= 0.3 is 12.1 Å². The third kappa shape index (κ3) is 8.70. The van der Waals surface area contributed by atoms with Crippen LogP contribution in [0, 0.1) is 5.82 Å². The van der Waals surface area contributed by atoms with E-state index in [1.165, 1.54) is 24.3 Å². The van der Waals surface area contributed by atoms with Crippen molar-refractivity contribution in [2.75, 3.05) is 13.2 Å². The largest absolute Gasteiger partial charge is 0.485 e. The summed E-state index contributed by atoms with van der Waals surface area (Å²) in [6.45, 7) is 5.72. The number of nitrogens with one attached hydrogen (secondary N) is 2. The third-order valence-corrected chi connectivity index (χ3v) is 4.84. The van der Waals surface area contributed by atoms with Crippen molar-refractivity contribution < 1.29 is 32.2 Å². The minimum atomic E-state index is -2.73. The molecule has 0 aromatic heterocycles. The molecule has 12 heteroatoms. The molecular weight excluding hydrogens is 510 g/mol. The lowest BCUT2D eigenvalue weighted by molar-refractivity contribution is 0.0383. The van der Waals surface area contributed by atoms with Gasteiger partial charge in [-0.15, -0.1) is 0 Å². The topological polar surface area (TPSA) is 79.9 Å². The second kappa shape index (κ2) is 12.2. The van der Waals surface area contributed by atoms with Crippen LogP contribution in [0.2, 0.25) is 10.0 Å². The molecule has 2 rings (SSSR count). The summed E-state index contributed by atoms with van der Waals surface area (Å²) in [6.07, 6.45) is -3.54. The molecular formula is C23H26Cl2F3N3O4. The molecule has 0 atom stereocenters. The van der Waals surface area contributed by atoms with Crippen molar-refractivity contribution in [3.8, 4) is 16.9 Å². The fraction of sp³-hybridized carbons (Fsp3) is 0.391. The number of carbonyl (C=O) groups excluding carboxylic acids is 2. The zero-order valence-electron chi connectivity index (χ0n) is 19.6. The predicted octanol–water partition coefficient (Wildman–Crippen LogP) is 6.41. The fourth-order valence-electron chi connectivity index (χ4n) is 2.88. The summed E-state index contributed by atoms with van der Waals surface area (Å²) in [5.74, 6) is -0.731. The highest BCUT2D eigenvalue weighted by atomic mass is 35.5. The van der Waals surface area contributed by atoms with Gasteiger partial charge in [-0.1, -0.05) is 35.3 Å². The molecule has 35 heavy (non-hydrogen) atoms. The second-order valence-corrected chi connectivity index (χ2v) is 9.13. The smallest absolute Gasteiger partial charge is 0.426 e. The molecule has 2 aromatic rings. The van der Waals surface area contributed by atoms with Crippen LogP contribution in [0.15, 0.2) is 30.3 Å². The number of halogens is 5. The molecule has 7 nitrogen and oxygen atoms in total. The van der Waals surface area contributed by atoms with Gasteiger partial charge in [0, 0.05) is 29.2 Å². The zero-order chi connectivity index (χ0) is 26.3. The molecule has 0 aliphatic carbocycles. The molecule has 0 spiro atoms. The van der Waals surface area contributed by atoms with E-state index in [1.54, 1.807) is 27.7 Å². The van der Waals surface area contributed by atoms with Crippen LogP contribution in [-0.4, -0.2) is 42.3 Å². The Hall–Kier alpha value is -2.85. The molecule has 0 aliphatic rings. The third-order valence-electron chi connectivity index (χ3n) is 4.34. The van der Waals surface area contributed by atoms with Crippen molar-refractivity contribution in [1.82, 2.24) is 15.8 Å². The first kappa shape index (κ1) is 28.4. The highest BCUT2D eigenvalue weighted by Gasteiger charge is 2.21. The van der Waals surface area contributed by atoms with Gasteiger partial charge in [0.25, 0.3) is 6.43 Å². The van der Waals surface area contributed by atoms with Gasteiger partial charge in [-0.2, -0.15) is 0 Å². The summed E-state index contributed by atoms with van der Waals surface area (Å²) in [7, 11) is 0. The number of hydrogen-bond acceptors (Lipinski definition) is 4. The first-order valence-corrected chi connectivity index (χ1v) is 11.3. The number of amides is 3. The molecule has 0 radical (unpaired) electrons. The van der Waals surface area contributed by atoms with Crippen LogP contribution in [0.1, 0.15) is 33.3 Å². The zero-order valence-corrected chi connectivity index (χ0v) is 21.1. The van der Waals surface area contributed by atoms with Crippen LogP contribution in [0.25, 0.3) is 11.1 Å². The van der Waals surface area contributed by atoms with Gasteiger partial charge in [0.2, 0.25) is 0 Å². The van der Waals surface area contributed by atoms with Crippen molar-refractivity contribution in [1.29, 1.82) is 0 Å². The Balaban J connectivity index is 2.14. The van der Waals surface area contributed by atoms with Crippen LogP contribution in [0.3, 0.4) is 0 Å². The van der Waals surface area contributed by atoms with Gasteiger partial charge in [0.05, 0.1) is 5.02 Å². The minimum absolute atomic E-state index is 0.00189. The lowest BCUT2D eigenvalue weighted by atomic mass is 10.0. The molecule has 0 aliphatic heterocycles. The average molecular weight is 536 g/mol. The van der Waals surface area contributed by atoms with Gasteiger partial charge in [-0.3, -0.25) is 0 Å². The van der Waals surface area contributed by atoms with E-state index in [1.807, 2.05) is 0 Å². The molecule has 0 heterocycles. The molecule has 0 saturated carbocycles. The molecule has 2 N–H and O–H groups in total. The van der Waals surface area contributed by atoms with Gasteiger partial charge in [0.15, 0.2) is 0 Å². The van der Waals surface area contributed by atoms with E-state index in [0.717, 1.165) is 11.1 Å².